The summed E-state index contributed by atoms with van der Waals surface area (Å²) in [5.74, 6) is 1.52. The third-order valence-electron chi connectivity index (χ3n) is 4.31. The van der Waals surface area contributed by atoms with Gasteiger partial charge in [0.2, 0.25) is 11.7 Å². The quantitative estimate of drug-likeness (QED) is 0.479. The summed E-state index contributed by atoms with van der Waals surface area (Å²) in [4.78, 5) is 12.3. The van der Waals surface area contributed by atoms with Crippen LogP contribution in [0.15, 0.2) is 64.2 Å². The number of thioether (sulfide) groups is 1. The van der Waals surface area contributed by atoms with E-state index in [0.29, 0.717) is 23.3 Å². The highest BCUT2D eigenvalue weighted by molar-refractivity contribution is 7.99. The first-order chi connectivity index (χ1) is 13.6. The zero-order valence-electron chi connectivity index (χ0n) is 15.7. The molecular formula is C21H20N4O2S. The predicted octanol–water partition coefficient (Wildman–Crippen LogP) is 4.75. The molecule has 0 saturated heterocycles. The van der Waals surface area contributed by atoms with E-state index in [4.69, 9.17) is 4.42 Å². The second-order valence-electron chi connectivity index (χ2n) is 6.41. The SMILES string of the molecule is CCn1c(SCC(=O)Nc2cccc(C)c2)nnc1-c1cc2ccccc2o1. The van der Waals surface area contributed by atoms with Crippen LogP contribution in [0.4, 0.5) is 5.69 Å². The molecule has 7 heteroatoms. The molecule has 0 spiro atoms. The molecule has 4 rings (SSSR count). The van der Waals surface area contributed by atoms with E-state index in [0.717, 1.165) is 22.2 Å². The molecule has 4 aromatic rings. The Bertz CT molecular complexity index is 1100. The van der Waals surface area contributed by atoms with Gasteiger partial charge >= 0.3 is 0 Å². The number of rotatable bonds is 6. The van der Waals surface area contributed by atoms with E-state index in [9.17, 15) is 4.79 Å². The van der Waals surface area contributed by atoms with Crippen LogP contribution < -0.4 is 5.32 Å². The molecule has 1 N–H and O–H groups in total. The number of benzene rings is 2. The first-order valence-electron chi connectivity index (χ1n) is 9.05. The topological polar surface area (TPSA) is 73.0 Å². The molecule has 0 aliphatic heterocycles. The van der Waals surface area contributed by atoms with Gasteiger partial charge in [-0.1, -0.05) is 42.1 Å². The summed E-state index contributed by atoms with van der Waals surface area (Å²) in [5.41, 5.74) is 2.71. The highest BCUT2D eigenvalue weighted by Crippen LogP contribution is 2.29. The predicted molar refractivity (Wildman–Crippen MR) is 111 cm³/mol. The molecule has 0 radical (unpaired) electrons. The monoisotopic (exact) mass is 392 g/mol. The van der Waals surface area contributed by atoms with E-state index >= 15 is 0 Å². The van der Waals surface area contributed by atoms with Crippen molar-refractivity contribution in [2.45, 2.75) is 25.5 Å². The van der Waals surface area contributed by atoms with Gasteiger partial charge in [0.1, 0.15) is 5.58 Å². The lowest BCUT2D eigenvalue weighted by Crippen LogP contribution is -2.14. The van der Waals surface area contributed by atoms with Crippen LogP contribution in [0.25, 0.3) is 22.6 Å². The number of hydrogen-bond acceptors (Lipinski definition) is 5. The van der Waals surface area contributed by atoms with Gasteiger partial charge in [-0.25, -0.2) is 0 Å². The smallest absolute Gasteiger partial charge is 0.234 e. The van der Waals surface area contributed by atoms with Crippen molar-refractivity contribution >= 4 is 34.3 Å². The van der Waals surface area contributed by atoms with E-state index in [2.05, 4.69) is 15.5 Å². The molecule has 28 heavy (non-hydrogen) atoms. The minimum atomic E-state index is -0.0773. The lowest BCUT2D eigenvalue weighted by molar-refractivity contribution is -0.113. The number of carbonyl (C=O) groups excluding carboxylic acids is 1. The largest absolute Gasteiger partial charge is 0.453 e. The van der Waals surface area contributed by atoms with Crippen LogP contribution >= 0.6 is 11.8 Å². The maximum atomic E-state index is 12.3. The Morgan fingerprint density at radius 1 is 1.14 bits per heavy atom. The molecule has 0 aliphatic rings. The summed E-state index contributed by atoms with van der Waals surface area (Å²) in [6.07, 6.45) is 0. The van der Waals surface area contributed by atoms with Crippen molar-refractivity contribution in [1.29, 1.82) is 0 Å². The number of furan rings is 1. The summed E-state index contributed by atoms with van der Waals surface area (Å²) in [6, 6.07) is 17.5. The summed E-state index contributed by atoms with van der Waals surface area (Å²) in [5, 5.41) is 13.2. The number of fused-ring (bicyclic) bond motifs is 1. The molecule has 6 nitrogen and oxygen atoms in total. The lowest BCUT2D eigenvalue weighted by atomic mass is 10.2. The molecule has 0 unspecified atom stereocenters. The molecule has 0 aliphatic carbocycles. The fourth-order valence-corrected chi connectivity index (χ4v) is 3.81. The van der Waals surface area contributed by atoms with Gasteiger partial charge in [-0.2, -0.15) is 0 Å². The van der Waals surface area contributed by atoms with E-state index in [1.165, 1.54) is 11.8 Å². The van der Waals surface area contributed by atoms with Gasteiger partial charge in [0.25, 0.3) is 0 Å². The Morgan fingerprint density at radius 3 is 2.79 bits per heavy atom. The fourth-order valence-electron chi connectivity index (χ4n) is 3.00. The van der Waals surface area contributed by atoms with Gasteiger partial charge in [-0.3, -0.25) is 9.36 Å². The molecule has 0 atom stereocenters. The van der Waals surface area contributed by atoms with Gasteiger partial charge in [0.05, 0.1) is 5.75 Å². The van der Waals surface area contributed by atoms with Crippen molar-refractivity contribution in [2.75, 3.05) is 11.1 Å². The van der Waals surface area contributed by atoms with Gasteiger partial charge in [0.15, 0.2) is 10.9 Å². The number of aromatic nitrogens is 3. The third-order valence-corrected chi connectivity index (χ3v) is 5.28. The Hall–Kier alpha value is -3.06. The number of carbonyl (C=O) groups is 1. The number of nitrogens with zero attached hydrogens (tertiary/aromatic N) is 3. The van der Waals surface area contributed by atoms with Crippen molar-refractivity contribution in [2.24, 2.45) is 0 Å². The molecule has 0 bridgehead atoms. The highest BCUT2D eigenvalue weighted by Gasteiger charge is 2.17. The number of hydrogen-bond donors (Lipinski definition) is 1. The normalized spacial score (nSPS) is 11.1. The first-order valence-corrected chi connectivity index (χ1v) is 10.0. The number of nitrogens with one attached hydrogen (secondary N) is 1. The molecule has 2 aromatic heterocycles. The molecule has 0 saturated carbocycles. The van der Waals surface area contributed by atoms with E-state index in [1.54, 1.807) is 0 Å². The van der Waals surface area contributed by atoms with Crippen LogP contribution in [-0.2, 0) is 11.3 Å². The van der Waals surface area contributed by atoms with Crippen molar-refractivity contribution in [3.8, 4) is 11.6 Å². The van der Waals surface area contributed by atoms with Crippen molar-refractivity contribution in [3.63, 3.8) is 0 Å². The van der Waals surface area contributed by atoms with Gasteiger partial charge in [-0.05, 0) is 43.7 Å². The maximum Gasteiger partial charge on any atom is 0.234 e. The number of amides is 1. The van der Waals surface area contributed by atoms with Gasteiger partial charge in [0, 0.05) is 17.6 Å². The van der Waals surface area contributed by atoms with Crippen molar-refractivity contribution in [1.82, 2.24) is 14.8 Å². The van der Waals surface area contributed by atoms with Gasteiger partial charge < -0.3 is 9.73 Å². The fraction of sp³-hybridized carbons (Fsp3) is 0.190. The lowest BCUT2D eigenvalue weighted by Gasteiger charge is -2.07. The first kappa shape index (κ1) is 18.3. The Kier molecular flexibility index (Phi) is 5.16. The van der Waals surface area contributed by atoms with Crippen LogP contribution in [0.1, 0.15) is 12.5 Å². The summed E-state index contributed by atoms with van der Waals surface area (Å²) >= 11 is 1.36. The van der Waals surface area contributed by atoms with Crippen LogP contribution in [0, 0.1) is 6.92 Å². The second-order valence-corrected chi connectivity index (χ2v) is 7.35. The van der Waals surface area contributed by atoms with Crippen molar-refractivity contribution in [3.05, 3.63) is 60.2 Å². The number of para-hydroxylation sites is 1. The summed E-state index contributed by atoms with van der Waals surface area (Å²) in [7, 11) is 0. The summed E-state index contributed by atoms with van der Waals surface area (Å²) in [6.45, 7) is 4.70. The minimum absolute atomic E-state index is 0.0773. The zero-order valence-corrected chi connectivity index (χ0v) is 16.5. The Morgan fingerprint density at radius 2 is 2.00 bits per heavy atom. The molecule has 0 fully saturated rings. The van der Waals surface area contributed by atoms with E-state index < -0.39 is 0 Å². The zero-order chi connectivity index (χ0) is 19.5. The van der Waals surface area contributed by atoms with E-state index in [-0.39, 0.29) is 11.7 Å². The highest BCUT2D eigenvalue weighted by atomic mass is 32.2. The maximum absolute atomic E-state index is 12.3. The van der Waals surface area contributed by atoms with Gasteiger partial charge in [-0.15, -0.1) is 10.2 Å². The number of anilines is 1. The van der Waals surface area contributed by atoms with Crippen LogP contribution in [0.5, 0.6) is 0 Å². The van der Waals surface area contributed by atoms with Crippen LogP contribution in [-0.4, -0.2) is 26.4 Å². The second kappa shape index (κ2) is 7.90. The van der Waals surface area contributed by atoms with Crippen LogP contribution in [0.2, 0.25) is 0 Å². The summed E-state index contributed by atoms with van der Waals surface area (Å²) < 4.78 is 7.87. The molecule has 1 amide bonds. The average molecular weight is 392 g/mol. The van der Waals surface area contributed by atoms with Crippen molar-refractivity contribution < 1.29 is 9.21 Å². The minimum Gasteiger partial charge on any atom is -0.453 e. The molecule has 142 valence electrons. The Balaban J connectivity index is 1.49. The Labute approximate surface area is 167 Å². The molecule has 2 heterocycles. The number of aryl methyl sites for hydroxylation is 1. The molecular weight excluding hydrogens is 372 g/mol. The standard InChI is InChI=1S/C21H20N4O2S/c1-3-25-20(18-12-15-8-4-5-10-17(15)27-18)23-24-21(25)28-13-19(26)22-16-9-6-7-14(2)11-16/h4-12H,3,13H2,1-2H3,(H,22,26). The van der Waals surface area contributed by atoms with E-state index in [1.807, 2.05) is 73.0 Å². The average Bonchev–Trinajstić information content (AvgIpc) is 3.29. The molecule has 2 aromatic carbocycles. The van der Waals surface area contributed by atoms with Crippen LogP contribution in [0.3, 0.4) is 0 Å². The third kappa shape index (κ3) is 3.80.